The molecule has 1 rings (SSSR count). The van der Waals surface area contributed by atoms with Gasteiger partial charge in [-0.25, -0.2) is 0 Å². The summed E-state index contributed by atoms with van der Waals surface area (Å²) < 4.78 is 0. The molecule has 12 heavy (non-hydrogen) atoms. The van der Waals surface area contributed by atoms with Crippen LogP contribution in [0.5, 0.6) is 0 Å². The van der Waals surface area contributed by atoms with Crippen LogP contribution in [0.1, 0.15) is 11.1 Å². The van der Waals surface area contributed by atoms with E-state index in [1.807, 2.05) is 31.2 Å². The third-order valence-corrected chi connectivity index (χ3v) is 1.71. The molecule has 0 aliphatic heterocycles. The molecule has 0 atom stereocenters. The maximum atomic E-state index is 11.0. The molecule has 0 bridgehead atoms. The standard InChI is InChI=1S/C10H13NO/c1-8-3-2-4-9(5-8)6-10(12)7-11/h2-5H,6-7,11H2,1H3. The average Bonchev–Trinajstić information content (AvgIpc) is 2.04. The molecule has 64 valence electrons. The molecule has 1 aromatic rings. The second-order valence-corrected chi connectivity index (χ2v) is 2.91. The highest BCUT2D eigenvalue weighted by atomic mass is 16.1. The zero-order valence-electron chi connectivity index (χ0n) is 7.21. The van der Waals surface area contributed by atoms with Crippen LogP contribution in [0.15, 0.2) is 24.3 Å². The summed E-state index contributed by atoms with van der Waals surface area (Å²) in [6.07, 6.45) is 0.457. The van der Waals surface area contributed by atoms with E-state index in [-0.39, 0.29) is 12.3 Å². The van der Waals surface area contributed by atoms with Crippen LogP contribution in [0.2, 0.25) is 0 Å². The summed E-state index contributed by atoms with van der Waals surface area (Å²) in [6, 6.07) is 7.92. The van der Waals surface area contributed by atoms with Crippen molar-refractivity contribution in [2.24, 2.45) is 5.73 Å². The van der Waals surface area contributed by atoms with Gasteiger partial charge in [0.25, 0.3) is 0 Å². The van der Waals surface area contributed by atoms with Gasteiger partial charge < -0.3 is 5.73 Å². The van der Waals surface area contributed by atoms with Crippen molar-refractivity contribution in [2.45, 2.75) is 13.3 Å². The van der Waals surface area contributed by atoms with Crippen molar-refractivity contribution in [3.63, 3.8) is 0 Å². The third kappa shape index (κ3) is 2.47. The van der Waals surface area contributed by atoms with Gasteiger partial charge >= 0.3 is 0 Å². The van der Waals surface area contributed by atoms with Crippen molar-refractivity contribution >= 4 is 5.78 Å². The van der Waals surface area contributed by atoms with Gasteiger partial charge in [-0.05, 0) is 12.5 Å². The highest BCUT2D eigenvalue weighted by molar-refractivity contribution is 5.82. The molecule has 0 heterocycles. The fourth-order valence-electron chi connectivity index (χ4n) is 1.12. The van der Waals surface area contributed by atoms with Gasteiger partial charge in [-0.1, -0.05) is 29.8 Å². The van der Waals surface area contributed by atoms with Crippen LogP contribution in [0.25, 0.3) is 0 Å². The summed E-state index contributed by atoms with van der Waals surface area (Å²) in [7, 11) is 0. The van der Waals surface area contributed by atoms with Crippen molar-refractivity contribution in [1.82, 2.24) is 0 Å². The van der Waals surface area contributed by atoms with E-state index in [1.165, 1.54) is 5.56 Å². The van der Waals surface area contributed by atoms with Crippen molar-refractivity contribution in [2.75, 3.05) is 6.54 Å². The zero-order chi connectivity index (χ0) is 8.97. The maximum Gasteiger partial charge on any atom is 0.150 e. The Morgan fingerprint density at radius 2 is 2.25 bits per heavy atom. The Labute approximate surface area is 72.4 Å². The molecule has 0 saturated heterocycles. The Balaban J connectivity index is 2.69. The van der Waals surface area contributed by atoms with E-state index < -0.39 is 0 Å². The number of hydrogen-bond acceptors (Lipinski definition) is 2. The lowest BCUT2D eigenvalue weighted by molar-refractivity contribution is -0.117. The molecular formula is C10H13NO. The predicted molar refractivity (Wildman–Crippen MR) is 48.9 cm³/mol. The highest BCUT2D eigenvalue weighted by Gasteiger charge is 1.99. The van der Waals surface area contributed by atoms with E-state index in [4.69, 9.17) is 5.73 Å². The van der Waals surface area contributed by atoms with Gasteiger partial charge in [-0.2, -0.15) is 0 Å². The van der Waals surface area contributed by atoms with Gasteiger partial charge in [0.05, 0.1) is 6.54 Å². The monoisotopic (exact) mass is 163 g/mol. The lowest BCUT2D eigenvalue weighted by Crippen LogP contribution is -2.15. The summed E-state index contributed by atoms with van der Waals surface area (Å²) in [5.41, 5.74) is 7.43. The molecule has 1 aromatic carbocycles. The first-order chi connectivity index (χ1) is 5.72. The minimum absolute atomic E-state index is 0.0839. The van der Waals surface area contributed by atoms with Crippen LogP contribution in [-0.2, 0) is 11.2 Å². The normalized spacial score (nSPS) is 9.83. The van der Waals surface area contributed by atoms with Gasteiger partial charge in [0, 0.05) is 6.42 Å². The smallest absolute Gasteiger partial charge is 0.150 e. The Bertz CT molecular complexity index is 281. The lowest BCUT2D eigenvalue weighted by Gasteiger charge is -1.99. The SMILES string of the molecule is Cc1cccc(CC(=O)CN)c1. The van der Waals surface area contributed by atoms with Gasteiger partial charge in [-0.15, -0.1) is 0 Å². The summed E-state index contributed by atoms with van der Waals surface area (Å²) in [5, 5.41) is 0. The summed E-state index contributed by atoms with van der Waals surface area (Å²) >= 11 is 0. The van der Waals surface area contributed by atoms with Gasteiger partial charge in [0.1, 0.15) is 0 Å². The van der Waals surface area contributed by atoms with Crippen LogP contribution < -0.4 is 5.73 Å². The number of hydrogen-bond donors (Lipinski definition) is 1. The Kier molecular flexibility index (Phi) is 3.00. The first kappa shape index (κ1) is 8.94. The number of ketones is 1. The topological polar surface area (TPSA) is 43.1 Å². The van der Waals surface area contributed by atoms with Crippen LogP contribution in [-0.4, -0.2) is 12.3 Å². The summed E-state index contributed by atoms with van der Waals surface area (Å²) in [4.78, 5) is 11.0. The molecule has 0 amide bonds. The van der Waals surface area contributed by atoms with E-state index in [0.29, 0.717) is 6.42 Å². The molecule has 0 spiro atoms. The first-order valence-corrected chi connectivity index (χ1v) is 3.99. The van der Waals surface area contributed by atoms with E-state index in [1.54, 1.807) is 0 Å². The molecule has 2 N–H and O–H groups in total. The van der Waals surface area contributed by atoms with Gasteiger partial charge in [0.15, 0.2) is 5.78 Å². The second-order valence-electron chi connectivity index (χ2n) is 2.91. The number of carbonyl (C=O) groups excluding carboxylic acids is 1. The van der Waals surface area contributed by atoms with Crippen LogP contribution in [0.3, 0.4) is 0 Å². The maximum absolute atomic E-state index is 11.0. The fourth-order valence-corrected chi connectivity index (χ4v) is 1.12. The minimum Gasteiger partial charge on any atom is -0.324 e. The summed E-state index contributed by atoms with van der Waals surface area (Å²) in [5.74, 6) is 0.0839. The first-order valence-electron chi connectivity index (χ1n) is 3.99. The quantitative estimate of drug-likeness (QED) is 0.724. The molecule has 0 aliphatic carbocycles. The Morgan fingerprint density at radius 3 is 2.83 bits per heavy atom. The number of aryl methyl sites for hydroxylation is 1. The molecule has 0 fully saturated rings. The van der Waals surface area contributed by atoms with E-state index in [0.717, 1.165) is 5.56 Å². The zero-order valence-corrected chi connectivity index (χ0v) is 7.21. The molecule has 2 nitrogen and oxygen atoms in total. The number of rotatable bonds is 3. The third-order valence-electron chi connectivity index (χ3n) is 1.71. The van der Waals surface area contributed by atoms with Crippen molar-refractivity contribution in [3.05, 3.63) is 35.4 Å². The number of Topliss-reactive ketones (excluding diaryl/α,β-unsaturated/α-hetero) is 1. The molecule has 0 radical (unpaired) electrons. The second kappa shape index (κ2) is 4.02. The molecule has 0 unspecified atom stereocenters. The van der Waals surface area contributed by atoms with Crippen LogP contribution in [0, 0.1) is 6.92 Å². The Morgan fingerprint density at radius 1 is 1.50 bits per heavy atom. The highest BCUT2D eigenvalue weighted by Crippen LogP contribution is 2.04. The molecule has 0 aromatic heterocycles. The fraction of sp³-hybridized carbons (Fsp3) is 0.300. The van der Waals surface area contributed by atoms with E-state index in [9.17, 15) is 4.79 Å². The van der Waals surface area contributed by atoms with Gasteiger partial charge in [0.2, 0.25) is 0 Å². The van der Waals surface area contributed by atoms with E-state index in [2.05, 4.69) is 0 Å². The Hall–Kier alpha value is -1.15. The minimum atomic E-state index is 0.0839. The van der Waals surface area contributed by atoms with E-state index >= 15 is 0 Å². The lowest BCUT2D eigenvalue weighted by atomic mass is 10.1. The predicted octanol–water partition coefficient (Wildman–Crippen LogP) is 1.07. The van der Waals surface area contributed by atoms with Crippen LogP contribution >= 0.6 is 0 Å². The summed E-state index contributed by atoms with van der Waals surface area (Å²) in [6.45, 7) is 2.14. The van der Waals surface area contributed by atoms with Crippen LogP contribution in [0.4, 0.5) is 0 Å². The number of benzene rings is 1. The van der Waals surface area contributed by atoms with Crippen molar-refractivity contribution in [3.8, 4) is 0 Å². The largest absolute Gasteiger partial charge is 0.324 e. The van der Waals surface area contributed by atoms with Crippen molar-refractivity contribution in [1.29, 1.82) is 0 Å². The van der Waals surface area contributed by atoms with Gasteiger partial charge in [-0.3, -0.25) is 4.79 Å². The number of carbonyl (C=O) groups is 1. The molecular weight excluding hydrogens is 150 g/mol. The molecule has 0 saturated carbocycles. The molecule has 2 heteroatoms. The number of nitrogens with two attached hydrogens (primary N) is 1. The van der Waals surface area contributed by atoms with Crippen molar-refractivity contribution < 1.29 is 4.79 Å². The average molecular weight is 163 g/mol. The molecule has 0 aliphatic rings.